The van der Waals surface area contributed by atoms with Crippen molar-refractivity contribution < 1.29 is 14.6 Å². The molecule has 3 N–H and O–H groups in total. The largest absolute Gasteiger partial charge is 0.387 e. The molecule has 1 aromatic rings. The van der Waals surface area contributed by atoms with E-state index in [0.717, 1.165) is 19.4 Å². The molecule has 1 aliphatic rings. The van der Waals surface area contributed by atoms with Gasteiger partial charge in [0.15, 0.2) is 0 Å². The molecule has 5 nitrogen and oxygen atoms in total. The zero-order valence-corrected chi connectivity index (χ0v) is 14.9. The van der Waals surface area contributed by atoms with Crippen molar-refractivity contribution in [1.29, 1.82) is 0 Å². The average molecular weight is 384 g/mol. The van der Waals surface area contributed by atoms with Crippen LogP contribution in [0.4, 0.5) is 0 Å². The number of benzene rings is 1. The Hall–Kier alpha value is -0.560. The van der Waals surface area contributed by atoms with Crippen LogP contribution in [0.15, 0.2) is 18.2 Å². The Balaban J connectivity index is 0.00000264. The first kappa shape index (κ1) is 20.5. The van der Waals surface area contributed by atoms with Crippen molar-refractivity contribution in [3.05, 3.63) is 33.8 Å². The van der Waals surface area contributed by atoms with Crippen LogP contribution in [-0.2, 0) is 9.53 Å². The van der Waals surface area contributed by atoms with Crippen molar-refractivity contribution in [3.63, 3.8) is 0 Å². The molecule has 130 valence electrons. The van der Waals surface area contributed by atoms with Crippen molar-refractivity contribution in [2.45, 2.75) is 25.0 Å². The minimum Gasteiger partial charge on any atom is -0.387 e. The van der Waals surface area contributed by atoms with E-state index in [1.165, 1.54) is 0 Å². The summed E-state index contributed by atoms with van der Waals surface area (Å²) in [6, 6.07) is 4.86. The highest BCUT2D eigenvalue weighted by Gasteiger charge is 2.16. The molecular formula is C15H21Cl3N2O3. The van der Waals surface area contributed by atoms with E-state index in [2.05, 4.69) is 10.6 Å². The lowest BCUT2D eigenvalue weighted by molar-refractivity contribution is -0.120. The summed E-state index contributed by atoms with van der Waals surface area (Å²) in [5.41, 5.74) is 0.540. The van der Waals surface area contributed by atoms with Crippen LogP contribution in [-0.4, -0.2) is 43.4 Å². The Morgan fingerprint density at radius 3 is 2.87 bits per heavy atom. The van der Waals surface area contributed by atoms with Gasteiger partial charge in [0.2, 0.25) is 5.91 Å². The molecule has 0 spiro atoms. The number of carbonyl (C=O) groups is 1. The topological polar surface area (TPSA) is 70.6 Å². The second-order valence-electron chi connectivity index (χ2n) is 5.25. The Bertz CT molecular complexity index is 511. The molecule has 2 atom stereocenters. The normalized spacial score (nSPS) is 18.3. The lowest BCUT2D eigenvalue weighted by Crippen LogP contribution is -2.38. The highest BCUT2D eigenvalue weighted by Crippen LogP contribution is 2.25. The van der Waals surface area contributed by atoms with E-state index in [1.807, 2.05) is 0 Å². The van der Waals surface area contributed by atoms with Crippen LogP contribution >= 0.6 is 35.6 Å². The maximum absolute atomic E-state index is 11.7. The highest BCUT2D eigenvalue weighted by atomic mass is 35.5. The lowest BCUT2D eigenvalue weighted by Gasteiger charge is -2.15. The Labute approximate surface area is 152 Å². The number of aliphatic hydroxyl groups is 1. The number of ether oxygens (including phenoxy) is 1. The molecule has 1 aromatic carbocycles. The predicted molar refractivity (Wildman–Crippen MR) is 93.5 cm³/mol. The molecule has 1 heterocycles. The van der Waals surface area contributed by atoms with Crippen molar-refractivity contribution in [1.82, 2.24) is 10.6 Å². The van der Waals surface area contributed by atoms with E-state index >= 15 is 0 Å². The molecule has 23 heavy (non-hydrogen) atoms. The van der Waals surface area contributed by atoms with E-state index < -0.39 is 6.10 Å². The summed E-state index contributed by atoms with van der Waals surface area (Å²) in [6.45, 7) is 1.76. The van der Waals surface area contributed by atoms with Gasteiger partial charge in [0.25, 0.3) is 0 Å². The Morgan fingerprint density at radius 2 is 2.22 bits per heavy atom. The maximum atomic E-state index is 11.7. The SMILES string of the molecule is Cl.O=C(CNCC1CCCO1)NCC(O)c1ccc(Cl)cc1Cl. The number of amides is 1. The molecule has 0 aliphatic carbocycles. The van der Waals surface area contributed by atoms with Crippen LogP contribution in [0.2, 0.25) is 10.0 Å². The number of aliphatic hydroxyl groups excluding tert-OH is 1. The molecule has 8 heteroatoms. The number of carbonyl (C=O) groups excluding carboxylic acids is 1. The van der Waals surface area contributed by atoms with E-state index in [1.54, 1.807) is 18.2 Å². The predicted octanol–water partition coefficient (Wildman–Crippen LogP) is 2.33. The third-order valence-electron chi connectivity index (χ3n) is 3.50. The van der Waals surface area contributed by atoms with Gasteiger partial charge in [-0.2, -0.15) is 0 Å². The molecular weight excluding hydrogens is 363 g/mol. The van der Waals surface area contributed by atoms with Crippen molar-refractivity contribution in [3.8, 4) is 0 Å². The van der Waals surface area contributed by atoms with Gasteiger partial charge in [-0.05, 0) is 25.0 Å². The molecule has 1 fully saturated rings. The second kappa shape index (κ2) is 10.3. The summed E-state index contributed by atoms with van der Waals surface area (Å²) in [4.78, 5) is 11.7. The van der Waals surface area contributed by atoms with Crippen molar-refractivity contribution in [2.75, 3.05) is 26.2 Å². The third-order valence-corrected chi connectivity index (χ3v) is 4.06. The van der Waals surface area contributed by atoms with Crippen LogP contribution < -0.4 is 10.6 Å². The average Bonchev–Trinajstić information content (AvgIpc) is 2.98. The molecule has 1 saturated heterocycles. The van der Waals surface area contributed by atoms with Gasteiger partial charge in [-0.1, -0.05) is 29.3 Å². The molecule has 0 aromatic heterocycles. The van der Waals surface area contributed by atoms with Crippen LogP contribution in [0, 0.1) is 0 Å². The fourth-order valence-corrected chi connectivity index (χ4v) is 2.84. The number of nitrogens with one attached hydrogen (secondary N) is 2. The van der Waals surface area contributed by atoms with E-state index in [9.17, 15) is 9.90 Å². The monoisotopic (exact) mass is 382 g/mol. The Kier molecular flexibility index (Phi) is 9.20. The first-order chi connectivity index (χ1) is 10.6. The number of hydrogen-bond donors (Lipinski definition) is 3. The fourth-order valence-electron chi connectivity index (χ4n) is 2.31. The van der Waals surface area contributed by atoms with Crippen LogP contribution in [0.1, 0.15) is 24.5 Å². The number of halogens is 3. The van der Waals surface area contributed by atoms with Crippen LogP contribution in [0.25, 0.3) is 0 Å². The van der Waals surface area contributed by atoms with Gasteiger partial charge >= 0.3 is 0 Å². The van der Waals surface area contributed by atoms with Gasteiger partial charge in [0.05, 0.1) is 18.8 Å². The van der Waals surface area contributed by atoms with E-state index in [-0.39, 0.29) is 37.5 Å². The minimum atomic E-state index is -0.869. The van der Waals surface area contributed by atoms with Gasteiger partial charge < -0.3 is 20.5 Å². The smallest absolute Gasteiger partial charge is 0.234 e. The van der Waals surface area contributed by atoms with E-state index in [4.69, 9.17) is 27.9 Å². The molecule has 0 saturated carbocycles. The van der Waals surface area contributed by atoms with Crippen molar-refractivity contribution in [2.24, 2.45) is 0 Å². The molecule has 0 radical (unpaired) electrons. The van der Waals surface area contributed by atoms with Gasteiger partial charge in [0, 0.05) is 35.3 Å². The molecule has 1 amide bonds. The van der Waals surface area contributed by atoms with Crippen LogP contribution in [0.5, 0.6) is 0 Å². The van der Waals surface area contributed by atoms with Gasteiger partial charge in [-0.3, -0.25) is 4.79 Å². The van der Waals surface area contributed by atoms with E-state index in [0.29, 0.717) is 22.2 Å². The zero-order valence-electron chi connectivity index (χ0n) is 12.6. The first-order valence-electron chi connectivity index (χ1n) is 7.28. The fraction of sp³-hybridized carbons (Fsp3) is 0.533. The zero-order chi connectivity index (χ0) is 15.9. The quantitative estimate of drug-likeness (QED) is 0.676. The molecule has 2 rings (SSSR count). The summed E-state index contributed by atoms with van der Waals surface area (Å²) < 4.78 is 5.45. The van der Waals surface area contributed by atoms with Gasteiger partial charge in [0.1, 0.15) is 0 Å². The van der Waals surface area contributed by atoms with Crippen LogP contribution in [0.3, 0.4) is 0 Å². The number of rotatable bonds is 7. The standard InChI is InChI=1S/C15H20Cl2N2O3.ClH/c16-10-3-4-12(13(17)6-10)14(20)8-19-15(21)9-18-7-11-2-1-5-22-11;/h3-4,6,11,14,18,20H,1-2,5,7-9H2,(H,19,21);1H. The number of hydrogen-bond acceptors (Lipinski definition) is 4. The highest BCUT2D eigenvalue weighted by molar-refractivity contribution is 6.35. The summed E-state index contributed by atoms with van der Waals surface area (Å²) in [5, 5.41) is 16.7. The molecule has 1 aliphatic heterocycles. The Morgan fingerprint density at radius 1 is 1.43 bits per heavy atom. The first-order valence-corrected chi connectivity index (χ1v) is 8.04. The minimum absolute atomic E-state index is 0. The second-order valence-corrected chi connectivity index (χ2v) is 6.10. The third kappa shape index (κ3) is 6.83. The van der Waals surface area contributed by atoms with Gasteiger partial charge in [-0.15, -0.1) is 12.4 Å². The van der Waals surface area contributed by atoms with Crippen molar-refractivity contribution >= 4 is 41.5 Å². The molecule has 0 bridgehead atoms. The summed E-state index contributed by atoms with van der Waals surface area (Å²) in [7, 11) is 0. The summed E-state index contributed by atoms with van der Waals surface area (Å²) in [6.07, 6.45) is 1.44. The lowest BCUT2D eigenvalue weighted by atomic mass is 10.1. The van der Waals surface area contributed by atoms with Gasteiger partial charge in [-0.25, -0.2) is 0 Å². The summed E-state index contributed by atoms with van der Waals surface area (Å²) in [5.74, 6) is -0.179. The summed E-state index contributed by atoms with van der Waals surface area (Å²) >= 11 is 11.8. The molecule has 2 unspecified atom stereocenters. The maximum Gasteiger partial charge on any atom is 0.234 e.